The highest BCUT2D eigenvalue weighted by Crippen LogP contribution is 2.13. The summed E-state index contributed by atoms with van der Waals surface area (Å²) >= 11 is 0. The quantitative estimate of drug-likeness (QED) is 0.643. The van der Waals surface area contributed by atoms with Gasteiger partial charge in [-0.2, -0.15) is 0 Å². The number of hydrogen-bond acceptors (Lipinski definition) is 3. The first-order valence-corrected chi connectivity index (χ1v) is 5.18. The molecule has 4 heteroatoms. The molecule has 0 heterocycles. The van der Waals surface area contributed by atoms with Crippen molar-refractivity contribution in [3.8, 4) is 0 Å². The molecule has 0 aromatic rings. The van der Waals surface area contributed by atoms with Crippen molar-refractivity contribution in [2.45, 2.75) is 45.6 Å². The first kappa shape index (κ1) is 13.2. The van der Waals surface area contributed by atoms with Crippen LogP contribution in [0.5, 0.6) is 0 Å². The maximum atomic E-state index is 11.2. The second kappa shape index (κ2) is 6.65. The molecule has 0 spiro atoms. The van der Waals surface area contributed by atoms with Gasteiger partial charge in [-0.25, -0.2) is 4.79 Å². The Morgan fingerprint density at radius 3 is 2.57 bits per heavy atom. The van der Waals surface area contributed by atoms with Gasteiger partial charge >= 0.3 is 6.09 Å². The molecule has 0 aliphatic carbocycles. The van der Waals surface area contributed by atoms with E-state index in [0.717, 1.165) is 19.3 Å². The Bertz CT molecular complexity index is 170. The van der Waals surface area contributed by atoms with E-state index in [1.165, 1.54) is 0 Å². The van der Waals surface area contributed by atoms with Crippen LogP contribution in [0.15, 0.2) is 0 Å². The van der Waals surface area contributed by atoms with E-state index in [-0.39, 0.29) is 11.7 Å². The average Bonchev–Trinajstić information content (AvgIpc) is 2.12. The number of hydrogen-bond donors (Lipinski definition) is 2. The molecule has 0 saturated heterocycles. The number of unbranched alkanes of at least 4 members (excludes halogenated alkanes) is 1. The van der Waals surface area contributed by atoms with Crippen LogP contribution in [0.4, 0.5) is 4.79 Å². The summed E-state index contributed by atoms with van der Waals surface area (Å²) in [4.78, 5) is 11.2. The van der Waals surface area contributed by atoms with Gasteiger partial charge in [0.15, 0.2) is 0 Å². The lowest BCUT2D eigenvalue weighted by atomic mass is 10.1. The largest absolute Gasteiger partial charge is 0.444 e. The van der Waals surface area contributed by atoms with Crippen molar-refractivity contribution in [3.05, 3.63) is 0 Å². The van der Waals surface area contributed by atoms with E-state index < -0.39 is 0 Å². The van der Waals surface area contributed by atoms with Crippen molar-refractivity contribution < 1.29 is 9.53 Å². The third-order valence-corrected chi connectivity index (χ3v) is 2.12. The summed E-state index contributed by atoms with van der Waals surface area (Å²) in [5.41, 5.74) is 4.95. The lowest BCUT2D eigenvalue weighted by molar-refractivity contribution is 0.0363. The second-order valence-electron chi connectivity index (χ2n) is 3.93. The molecule has 0 radical (unpaired) electrons. The minimum Gasteiger partial charge on any atom is -0.444 e. The number of nitrogens with two attached hydrogens (primary N) is 1. The van der Waals surface area contributed by atoms with Crippen LogP contribution in [0.25, 0.3) is 0 Å². The molecule has 0 aromatic heterocycles. The van der Waals surface area contributed by atoms with Gasteiger partial charge < -0.3 is 15.8 Å². The number of nitrogens with one attached hydrogen (secondary N) is 1. The SMILES string of the molecule is CCC(C)(C)OC(=O)NCCCCN. The molecule has 0 unspecified atom stereocenters. The molecule has 0 atom stereocenters. The molecule has 84 valence electrons. The molecule has 3 N–H and O–H groups in total. The minimum absolute atomic E-state index is 0.339. The lowest BCUT2D eigenvalue weighted by Crippen LogP contribution is -2.34. The first-order chi connectivity index (χ1) is 6.52. The molecule has 0 fully saturated rings. The van der Waals surface area contributed by atoms with E-state index in [4.69, 9.17) is 10.5 Å². The highest BCUT2D eigenvalue weighted by molar-refractivity contribution is 5.67. The van der Waals surface area contributed by atoms with E-state index in [0.29, 0.717) is 13.1 Å². The maximum absolute atomic E-state index is 11.2. The third kappa shape index (κ3) is 6.71. The van der Waals surface area contributed by atoms with Crippen LogP contribution in [0.2, 0.25) is 0 Å². The monoisotopic (exact) mass is 202 g/mol. The molecule has 1 amide bonds. The van der Waals surface area contributed by atoms with Gasteiger partial charge in [-0.05, 0) is 39.7 Å². The smallest absolute Gasteiger partial charge is 0.407 e. The number of carbonyl (C=O) groups is 1. The van der Waals surface area contributed by atoms with E-state index in [1.54, 1.807) is 0 Å². The molecule has 4 nitrogen and oxygen atoms in total. The van der Waals surface area contributed by atoms with Gasteiger partial charge in [-0.3, -0.25) is 0 Å². The van der Waals surface area contributed by atoms with Crippen molar-refractivity contribution in [2.24, 2.45) is 5.73 Å². The molecular formula is C10H22N2O2. The molecule has 0 rings (SSSR count). The number of rotatable bonds is 6. The van der Waals surface area contributed by atoms with Gasteiger partial charge in [0.2, 0.25) is 0 Å². The highest BCUT2D eigenvalue weighted by atomic mass is 16.6. The fourth-order valence-corrected chi connectivity index (χ4v) is 0.819. The number of alkyl carbamates (subject to hydrolysis) is 1. The Morgan fingerprint density at radius 1 is 1.43 bits per heavy atom. The molecule has 0 aromatic carbocycles. The summed E-state index contributed by atoms with van der Waals surface area (Å²) in [6, 6.07) is 0. The van der Waals surface area contributed by atoms with Crippen LogP contribution in [0.3, 0.4) is 0 Å². The highest BCUT2D eigenvalue weighted by Gasteiger charge is 2.19. The predicted molar refractivity (Wildman–Crippen MR) is 57.1 cm³/mol. The number of amides is 1. The fourth-order valence-electron chi connectivity index (χ4n) is 0.819. The van der Waals surface area contributed by atoms with E-state index in [9.17, 15) is 4.79 Å². The fraction of sp³-hybridized carbons (Fsp3) is 0.900. The van der Waals surface area contributed by atoms with Crippen molar-refractivity contribution >= 4 is 6.09 Å². The lowest BCUT2D eigenvalue weighted by Gasteiger charge is -2.23. The first-order valence-electron chi connectivity index (χ1n) is 5.18. The summed E-state index contributed by atoms with van der Waals surface area (Å²) in [6.45, 7) is 7.08. The molecule has 0 bridgehead atoms. The van der Waals surface area contributed by atoms with Gasteiger partial charge in [0.25, 0.3) is 0 Å². The van der Waals surface area contributed by atoms with Gasteiger partial charge in [0, 0.05) is 6.54 Å². The minimum atomic E-state index is -0.377. The Kier molecular flexibility index (Phi) is 6.28. The van der Waals surface area contributed by atoms with E-state index in [2.05, 4.69) is 5.32 Å². The zero-order valence-electron chi connectivity index (χ0n) is 9.43. The number of carbonyl (C=O) groups excluding carboxylic acids is 1. The average molecular weight is 202 g/mol. The maximum Gasteiger partial charge on any atom is 0.407 e. The standard InChI is InChI=1S/C10H22N2O2/c1-4-10(2,3)14-9(13)12-8-6-5-7-11/h4-8,11H2,1-3H3,(H,12,13). The van der Waals surface area contributed by atoms with Crippen molar-refractivity contribution in [3.63, 3.8) is 0 Å². The third-order valence-electron chi connectivity index (χ3n) is 2.12. The summed E-state index contributed by atoms with van der Waals surface area (Å²) in [7, 11) is 0. The number of ether oxygens (including phenoxy) is 1. The Morgan fingerprint density at radius 2 is 2.07 bits per heavy atom. The van der Waals surface area contributed by atoms with Gasteiger partial charge in [0.1, 0.15) is 5.60 Å². The van der Waals surface area contributed by atoms with Crippen LogP contribution in [-0.2, 0) is 4.74 Å². The topological polar surface area (TPSA) is 64.3 Å². The summed E-state index contributed by atoms with van der Waals surface area (Å²) in [5.74, 6) is 0. The van der Waals surface area contributed by atoms with Gasteiger partial charge in [-0.15, -0.1) is 0 Å². The van der Waals surface area contributed by atoms with Crippen LogP contribution >= 0.6 is 0 Å². The summed E-state index contributed by atoms with van der Waals surface area (Å²) in [5, 5.41) is 2.69. The molecule has 14 heavy (non-hydrogen) atoms. The summed E-state index contributed by atoms with van der Waals surface area (Å²) < 4.78 is 5.19. The van der Waals surface area contributed by atoms with Crippen LogP contribution in [0.1, 0.15) is 40.0 Å². The molecule has 0 saturated carbocycles. The van der Waals surface area contributed by atoms with Gasteiger partial charge in [0.05, 0.1) is 0 Å². The van der Waals surface area contributed by atoms with Crippen LogP contribution in [0, 0.1) is 0 Å². The van der Waals surface area contributed by atoms with Crippen molar-refractivity contribution in [2.75, 3.05) is 13.1 Å². The molecule has 0 aliphatic heterocycles. The molecule has 0 aliphatic rings. The normalized spacial score (nSPS) is 11.1. The summed E-state index contributed by atoms with van der Waals surface area (Å²) in [6.07, 6.45) is 2.30. The van der Waals surface area contributed by atoms with E-state index in [1.807, 2.05) is 20.8 Å². The second-order valence-corrected chi connectivity index (χ2v) is 3.93. The Balaban J connectivity index is 3.55. The van der Waals surface area contributed by atoms with Crippen molar-refractivity contribution in [1.29, 1.82) is 0 Å². The molecular weight excluding hydrogens is 180 g/mol. The zero-order valence-corrected chi connectivity index (χ0v) is 9.43. The Hall–Kier alpha value is -0.770. The van der Waals surface area contributed by atoms with Crippen molar-refractivity contribution in [1.82, 2.24) is 5.32 Å². The van der Waals surface area contributed by atoms with Crippen LogP contribution in [-0.4, -0.2) is 24.8 Å². The zero-order chi connectivity index (χ0) is 11.0. The van der Waals surface area contributed by atoms with E-state index >= 15 is 0 Å². The predicted octanol–water partition coefficient (Wildman–Crippen LogP) is 1.64. The van der Waals surface area contributed by atoms with Gasteiger partial charge in [-0.1, -0.05) is 6.92 Å². The Labute approximate surface area is 86.2 Å². The van der Waals surface area contributed by atoms with Crippen LogP contribution < -0.4 is 11.1 Å².